The maximum atomic E-state index is 12.3. The molecule has 1 aliphatic heterocycles. The van der Waals surface area contributed by atoms with E-state index < -0.39 is 24.3 Å². The molecule has 3 rings (SSSR count). The van der Waals surface area contributed by atoms with Crippen molar-refractivity contribution < 1.29 is 19.7 Å². The van der Waals surface area contributed by atoms with E-state index in [4.69, 9.17) is 16.3 Å². The van der Waals surface area contributed by atoms with Crippen molar-refractivity contribution in [3.8, 4) is 0 Å². The van der Waals surface area contributed by atoms with E-state index in [-0.39, 0.29) is 19.2 Å². The Labute approximate surface area is 181 Å². The number of aliphatic hydroxyl groups is 2. The number of carbonyl (C=O) groups excluding carboxylic acids is 1. The Balaban J connectivity index is 1.57. The van der Waals surface area contributed by atoms with Gasteiger partial charge in [-0.3, -0.25) is 4.90 Å². The van der Waals surface area contributed by atoms with E-state index in [9.17, 15) is 15.0 Å². The molecule has 2 amide bonds. The van der Waals surface area contributed by atoms with Gasteiger partial charge in [-0.25, -0.2) is 4.79 Å². The summed E-state index contributed by atoms with van der Waals surface area (Å²) in [4.78, 5) is 14.3. The lowest BCUT2D eigenvalue weighted by Crippen LogP contribution is -2.50. The van der Waals surface area contributed by atoms with Crippen molar-refractivity contribution >= 4 is 23.3 Å². The van der Waals surface area contributed by atoms with E-state index in [1.807, 2.05) is 30.1 Å². The zero-order valence-corrected chi connectivity index (χ0v) is 17.6. The number of halogens is 1. The molecule has 7 nitrogen and oxygen atoms in total. The highest BCUT2D eigenvalue weighted by atomic mass is 35.5. The summed E-state index contributed by atoms with van der Waals surface area (Å²) in [7, 11) is 1.92. The van der Waals surface area contributed by atoms with Gasteiger partial charge in [0.05, 0.1) is 18.8 Å². The van der Waals surface area contributed by atoms with Crippen molar-refractivity contribution in [1.29, 1.82) is 0 Å². The van der Waals surface area contributed by atoms with Gasteiger partial charge < -0.3 is 25.6 Å². The number of likely N-dealkylation sites (N-methyl/N-ethyl adjacent to an activating group) is 1. The molecule has 162 valence electrons. The van der Waals surface area contributed by atoms with Crippen LogP contribution in [0.15, 0.2) is 54.6 Å². The molecule has 0 radical (unpaired) electrons. The number of aliphatic hydroxyl groups excluding tert-OH is 2. The number of benzene rings is 2. The van der Waals surface area contributed by atoms with Gasteiger partial charge in [0.2, 0.25) is 0 Å². The quantitative estimate of drug-likeness (QED) is 0.511. The summed E-state index contributed by atoms with van der Waals surface area (Å²) in [6.07, 6.45) is -1.17. The Bertz CT molecular complexity index is 823. The maximum absolute atomic E-state index is 12.3. The van der Waals surface area contributed by atoms with Crippen LogP contribution in [0.5, 0.6) is 0 Å². The van der Waals surface area contributed by atoms with Crippen LogP contribution in [-0.4, -0.2) is 72.2 Å². The van der Waals surface area contributed by atoms with Crippen LogP contribution in [0, 0.1) is 0 Å². The molecule has 4 N–H and O–H groups in total. The van der Waals surface area contributed by atoms with Crippen LogP contribution in [0.1, 0.15) is 5.56 Å². The van der Waals surface area contributed by atoms with Crippen LogP contribution in [0.3, 0.4) is 0 Å². The fourth-order valence-electron chi connectivity index (χ4n) is 3.72. The molecule has 2 aromatic rings. The smallest absolute Gasteiger partial charge is 0.319 e. The topological polar surface area (TPSA) is 94.1 Å². The van der Waals surface area contributed by atoms with E-state index in [2.05, 4.69) is 22.8 Å². The first kappa shape index (κ1) is 22.5. The summed E-state index contributed by atoms with van der Waals surface area (Å²) < 4.78 is 5.82. The number of anilines is 1. The molecule has 0 aromatic heterocycles. The number of amides is 2. The van der Waals surface area contributed by atoms with Crippen molar-refractivity contribution in [2.24, 2.45) is 0 Å². The fraction of sp³-hybridized carbons (Fsp3) is 0.409. The number of hydrogen-bond acceptors (Lipinski definition) is 5. The van der Waals surface area contributed by atoms with Crippen molar-refractivity contribution in [2.45, 2.75) is 30.8 Å². The Hall–Kier alpha value is -2.16. The highest BCUT2D eigenvalue weighted by molar-refractivity contribution is 6.30. The second-order valence-electron chi connectivity index (χ2n) is 7.44. The SMILES string of the molecule is CN(CCc1ccccc1)[C@H]1[C@H](O)[C@H](CO)O[C@@H]1CNC(=O)Nc1cccc(Cl)c1. The Morgan fingerprint density at radius 1 is 1.17 bits per heavy atom. The van der Waals surface area contributed by atoms with Gasteiger partial charge in [-0.2, -0.15) is 0 Å². The van der Waals surface area contributed by atoms with Gasteiger partial charge in [-0.15, -0.1) is 0 Å². The number of urea groups is 1. The fourth-order valence-corrected chi connectivity index (χ4v) is 3.91. The monoisotopic (exact) mass is 433 g/mol. The Kier molecular flexibility index (Phi) is 8.07. The summed E-state index contributed by atoms with van der Waals surface area (Å²) in [6, 6.07) is 16.2. The van der Waals surface area contributed by atoms with Gasteiger partial charge in [0.25, 0.3) is 0 Å². The molecule has 0 saturated carbocycles. The molecule has 2 aromatic carbocycles. The summed E-state index contributed by atoms with van der Waals surface area (Å²) >= 11 is 5.94. The lowest BCUT2D eigenvalue weighted by molar-refractivity contribution is -0.0205. The van der Waals surface area contributed by atoms with Gasteiger partial charge in [-0.05, 0) is 37.2 Å². The van der Waals surface area contributed by atoms with Crippen LogP contribution >= 0.6 is 11.6 Å². The first-order valence-corrected chi connectivity index (χ1v) is 10.3. The van der Waals surface area contributed by atoms with Crippen LogP contribution in [0.4, 0.5) is 10.5 Å². The predicted molar refractivity (Wildman–Crippen MR) is 117 cm³/mol. The third kappa shape index (κ3) is 5.93. The average Bonchev–Trinajstić information content (AvgIpc) is 3.06. The maximum Gasteiger partial charge on any atom is 0.319 e. The molecule has 1 fully saturated rings. The molecule has 1 aliphatic rings. The molecular formula is C22H28ClN3O4. The van der Waals surface area contributed by atoms with E-state index in [0.29, 0.717) is 17.3 Å². The summed E-state index contributed by atoms with van der Waals surface area (Å²) in [5, 5.41) is 26.2. The lowest BCUT2D eigenvalue weighted by atomic mass is 10.0. The zero-order valence-electron chi connectivity index (χ0n) is 16.9. The number of hydrogen-bond donors (Lipinski definition) is 4. The number of rotatable bonds is 8. The molecule has 8 heteroatoms. The summed E-state index contributed by atoms with van der Waals surface area (Å²) in [5.74, 6) is 0. The van der Waals surface area contributed by atoms with Gasteiger partial charge in [0, 0.05) is 23.8 Å². The predicted octanol–water partition coefficient (Wildman–Crippen LogP) is 2.13. The van der Waals surface area contributed by atoms with Crippen molar-refractivity contribution in [1.82, 2.24) is 10.2 Å². The number of nitrogens with one attached hydrogen (secondary N) is 2. The van der Waals surface area contributed by atoms with E-state index in [1.54, 1.807) is 24.3 Å². The number of nitrogens with zero attached hydrogens (tertiary/aromatic N) is 1. The zero-order chi connectivity index (χ0) is 21.5. The molecule has 0 unspecified atom stereocenters. The second kappa shape index (κ2) is 10.7. The highest BCUT2D eigenvalue weighted by Gasteiger charge is 2.45. The Morgan fingerprint density at radius 2 is 1.93 bits per heavy atom. The third-order valence-electron chi connectivity index (χ3n) is 5.29. The molecule has 30 heavy (non-hydrogen) atoms. The van der Waals surface area contributed by atoms with E-state index in [1.165, 1.54) is 5.56 Å². The van der Waals surface area contributed by atoms with Gasteiger partial charge in [0.1, 0.15) is 12.2 Å². The minimum atomic E-state index is -0.849. The van der Waals surface area contributed by atoms with Gasteiger partial charge in [0.15, 0.2) is 0 Å². The molecule has 0 aliphatic carbocycles. The number of carbonyl (C=O) groups is 1. The van der Waals surface area contributed by atoms with E-state index >= 15 is 0 Å². The van der Waals surface area contributed by atoms with Crippen molar-refractivity contribution in [3.63, 3.8) is 0 Å². The average molecular weight is 434 g/mol. The molecule has 1 heterocycles. The van der Waals surface area contributed by atoms with Crippen LogP contribution in [0.2, 0.25) is 5.02 Å². The first-order valence-electron chi connectivity index (χ1n) is 9.97. The van der Waals surface area contributed by atoms with Crippen molar-refractivity contribution in [2.75, 3.05) is 32.1 Å². The molecule has 0 spiro atoms. The first-order chi connectivity index (χ1) is 14.5. The summed E-state index contributed by atoms with van der Waals surface area (Å²) in [5.41, 5.74) is 1.78. The minimum absolute atomic E-state index is 0.195. The molecular weight excluding hydrogens is 406 g/mol. The lowest BCUT2D eigenvalue weighted by Gasteiger charge is -2.30. The van der Waals surface area contributed by atoms with Crippen LogP contribution in [0.25, 0.3) is 0 Å². The minimum Gasteiger partial charge on any atom is -0.394 e. The third-order valence-corrected chi connectivity index (χ3v) is 5.53. The van der Waals surface area contributed by atoms with Gasteiger partial charge in [-0.1, -0.05) is 48.0 Å². The Morgan fingerprint density at radius 3 is 2.63 bits per heavy atom. The second-order valence-corrected chi connectivity index (χ2v) is 7.87. The number of ether oxygens (including phenoxy) is 1. The van der Waals surface area contributed by atoms with Crippen molar-refractivity contribution in [3.05, 3.63) is 65.2 Å². The normalized spacial score (nSPS) is 23.5. The summed E-state index contributed by atoms with van der Waals surface area (Å²) in [6.45, 7) is 0.619. The molecule has 4 atom stereocenters. The van der Waals surface area contributed by atoms with Crippen LogP contribution < -0.4 is 10.6 Å². The standard InChI is InChI=1S/C22H28ClN3O4/c1-26(11-10-15-6-3-2-4-7-15)20-18(30-19(14-27)21(20)28)13-24-22(29)25-17-9-5-8-16(23)12-17/h2-9,12,18-21,27-28H,10-11,13-14H2,1H3,(H2,24,25,29)/t18-,19+,20-,21-/m1/s1. The largest absolute Gasteiger partial charge is 0.394 e. The van der Waals surface area contributed by atoms with Gasteiger partial charge >= 0.3 is 6.03 Å². The van der Waals surface area contributed by atoms with Crippen LogP contribution in [-0.2, 0) is 11.2 Å². The highest BCUT2D eigenvalue weighted by Crippen LogP contribution is 2.25. The van der Waals surface area contributed by atoms with E-state index in [0.717, 1.165) is 6.42 Å². The molecule has 0 bridgehead atoms. The molecule has 1 saturated heterocycles.